The van der Waals surface area contributed by atoms with E-state index in [0.29, 0.717) is 40.0 Å². The molecule has 2 bridgehead atoms. The summed E-state index contributed by atoms with van der Waals surface area (Å²) >= 11 is 6.17. The molecular formula is C29H25ClF2N4. The molecule has 2 aromatic heterocycles. The average Bonchev–Trinajstić information content (AvgIpc) is 3.31. The Hall–Kier alpha value is -3.43. The van der Waals surface area contributed by atoms with Gasteiger partial charge >= 0.3 is 0 Å². The minimum Gasteiger partial charge on any atom is -0.364 e. The largest absolute Gasteiger partial charge is 0.364 e. The Morgan fingerprint density at radius 3 is 2.50 bits per heavy atom. The number of aromatic nitrogens is 2. The van der Waals surface area contributed by atoms with Crippen molar-refractivity contribution in [3.05, 3.63) is 76.7 Å². The van der Waals surface area contributed by atoms with Crippen LogP contribution < -0.4 is 5.32 Å². The van der Waals surface area contributed by atoms with Gasteiger partial charge in [0.2, 0.25) is 5.69 Å². The fraction of sp³-hybridized carbons (Fsp3) is 0.310. The highest BCUT2D eigenvalue weighted by molar-refractivity contribution is 6.31. The van der Waals surface area contributed by atoms with E-state index in [2.05, 4.69) is 22.1 Å². The van der Waals surface area contributed by atoms with Crippen LogP contribution in [0.25, 0.3) is 38.1 Å². The first-order valence-electron chi connectivity index (χ1n) is 12.4. The van der Waals surface area contributed by atoms with Crippen LogP contribution in [0, 0.1) is 36.0 Å². The van der Waals surface area contributed by atoms with Crippen molar-refractivity contribution in [1.82, 2.24) is 9.97 Å². The first-order chi connectivity index (χ1) is 17.5. The van der Waals surface area contributed by atoms with Crippen molar-refractivity contribution in [1.29, 1.82) is 0 Å². The number of H-pyrrole nitrogens is 1. The molecule has 3 saturated carbocycles. The van der Waals surface area contributed by atoms with Crippen LogP contribution in [0.1, 0.15) is 32.6 Å². The van der Waals surface area contributed by atoms with Crippen molar-refractivity contribution >= 4 is 34.0 Å². The van der Waals surface area contributed by atoms with E-state index in [0.717, 1.165) is 12.8 Å². The third kappa shape index (κ3) is 3.65. The number of rotatable bonds is 4. The Morgan fingerprint density at radius 2 is 1.81 bits per heavy atom. The molecule has 7 heteroatoms. The predicted molar refractivity (Wildman–Crippen MR) is 140 cm³/mol. The first-order valence-corrected chi connectivity index (χ1v) is 12.7. The lowest BCUT2D eigenvalue weighted by Crippen LogP contribution is -2.47. The lowest BCUT2D eigenvalue weighted by atomic mass is 9.62. The van der Waals surface area contributed by atoms with Gasteiger partial charge in [-0.2, -0.15) is 0 Å². The predicted octanol–water partition coefficient (Wildman–Crippen LogP) is 8.62. The molecule has 3 aliphatic carbocycles. The molecule has 0 amide bonds. The molecule has 2 atom stereocenters. The van der Waals surface area contributed by atoms with E-state index in [1.54, 1.807) is 24.4 Å². The van der Waals surface area contributed by atoms with Gasteiger partial charge in [0.15, 0.2) is 11.6 Å². The van der Waals surface area contributed by atoms with Crippen LogP contribution in [0.15, 0.2) is 48.7 Å². The van der Waals surface area contributed by atoms with Gasteiger partial charge in [0.25, 0.3) is 0 Å². The zero-order valence-electron chi connectivity index (χ0n) is 19.8. The molecule has 36 heavy (non-hydrogen) atoms. The molecule has 7 rings (SSSR count). The Bertz CT molecular complexity index is 1500. The molecule has 182 valence electrons. The highest BCUT2D eigenvalue weighted by Crippen LogP contribution is 2.48. The van der Waals surface area contributed by atoms with E-state index in [9.17, 15) is 4.39 Å². The molecule has 0 aliphatic heterocycles. The van der Waals surface area contributed by atoms with Gasteiger partial charge in [-0.1, -0.05) is 48.9 Å². The number of hydrogen-bond donors (Lipinski definition) is 2. The number of fused-ring (bicyclic) bond motifs is 4. The number of pyridine rings is 1. The SMILES string of the molecule is [C-]#[N+]c1c(-c2c[nH]c3c(F)cc(Cl)cc23)nc(N[C@H]2C3CCC(CC3)[C@@H]2C)c(F)c1-c1ccccc1. The van der Waals surface area contributed by atoms with Crippen molar-refractivity contribution in [2.45, 2.75) is 38.6 Å². The Labute approximate surface area is 213 Å². The summed E-state index contributed by atoms with van der Waals surface area (Å²) in [6, 6.07) is 12.1. The van der Waals surface area contributed by atoms with Gasteiger partial charge in [-0.15, -0.1) is 0 Å². The summed E-state index contributed by atoms with van der Waals surface area (Å²) in [5.74, 6) is 0.611. The number of nitrogens with zero attached hydrogens (tertiary/aromatic N) is 2. The Kier molecular flexibility index (Phi) is 5.69. The van der Waals surface area contributed by atoms with Crippen LogP contribution >= 0.6 is 11.6 Å². The summed E-state index contributed by atoms with van der Waals surface area (Å²) in [4.78, 5) is 11.4. The van der Waals surface area contributed by atoms with Crippen molar-refractivity contribution < 1.29 is 8.78 Å². The van der Waals surface area contributed by atoms with Crippen molar-refractivity contribution in [3.63, 3.8) is 0 Å². The van der Waals surface area contributed by atoms with Crippen LogP contribution in [0.2, 0.25) is 5.02 Å². The van der Waals surface area contributed by atoms with E-state index in [1.165, 1.54) is 18.9 Å². The summed E-state index contributed by atoms with van der Waals surface area (Å²) < 4.78 is 30.9. The normalized spacial score (nSPS) is 23.1. The second-order valence-electron chi connectivity index (χ2n) is 10.0. The van der Waals surface area contributed by atoms with Gasteiger partial charge in [-0.25, -0.2) is 18.6 Å². The van der Waals surface area contributed by atoms with Crippen molar-refractivity contribution in [2.75, 3.05) is 5.32 Å². The smallest absolute Gasteiger partial charge is 0.223 e. The standard InChI is InChI=1S/C29H25ClF2N4/c1-15-16-8-10-18(11-9-16)25(15)35-29-24(32)23(17-6-4-3-5-7-17)28(33-2)27(36-29)21-14-34-26-20(21)12-19(30)13-22(26)31/h3-7,12-16,18,25,34H,8-11H2,1H3,(H,35,36)/t15-,16?,18?,25+/m0/s1. The van der Waals surface area contributed by atoms with Crippen LogP contribution in [0.4, 0.5) is 20.3 Å². The van der Waals surface area contributed by atoms with Crippen molar-refractivity contribution in [3.8, 4) is 22.4 Å². The second-order valence-corrected chi connectivity index (χ2v) is 10.5. The quantitative estimate of drug-likeness (QED) is 0.274. The molecular weight excluding hydrogens is 478 g/mol. The summed E-state index contributed by atoms with van der Waals surface area (Å²) in [6.45, 7) is 10.2. The molecule has 3 fully saturated rings. The van der Waals surface area contributed by atoms with Crippen molar-refractivity contribution in [2.24, 2.45) is 17.8 Å². The van der Waals surface area contributed by atoms with Gasteiger partial charge in [-0.3, -0.25) is 0 Å². The fourth-order valence-electron chi connectivity index (χ4n) is 6.33. The lowest BCUT2D eigenvalue weighted by Gasteiger charge is -2.47. The zero-order valence-corrected chi connectivity index (χ0v) is 20.5. The fourth-order valence-corrected chi connectivity index (χ4v) is 6.53. The Balaban J connectivity index is 1.58. The van der Waals surface area contributed by atoms with E-state index in [1.807, 2.05) is 18.2 Å². The van der Waals surface area contributed by atoms with Crippen LogP contribution in [-0.2, 0) is 0 Å². The number of aromatic amines is 1. The molecule has 4 nitrogen and oxygen atoms in total. The third-order valence-electron chi connectivity index (χ3n) is 8.19. The van der Waals surface area contributed by atoms with E-state index in [4.69, 9.17) is 23.2 Å². The number of hydrogen-bond acceptors (Lipinski definition) is 2. The molecule has 0 unspecified atom stereocenters. The number of anilines is 1. The summed E-state index contributed by atoms with van der Waals surface area (Å²) in [7, 11) is 0. The highest BCUT2D eigenvalue weighted by Gasteiger charge is 2.42. The maximum atomic E-state index is 16.2. The summed E-state index contributed by atoms with van der Waals surface area (Å²) in [5.41, 5.74) is 1.96. The summed E-state index contributed by atoms with van der Waals surface area (Å²) in [6.07, 6.45) is 6.32. The zero-order chi connectivity index (χ0) is 25.0. The highest BCUT2D eigenvalue weighted by atomic mass is 35.5. The molecule has 0 spiro atoms. The monoisotopic (exact) mass is 502 g/mol. The topological polar surface area (TPSA) is 45.1 Å². The number of nitrogens with one attached hydrogen (secondary N) is 2. The van der Waals surface area contributed by atoms with Gasteiger partial charge < -0.3 is 10.3 Å². The minimum atomic E-state index is -0.534. The molecule has 0 saturated heterocycles. The van der Waals surface area contributed by atoms with Crippen LogP contribution in [0.5, 0.6) is 0 Å². The van der Waals surface area contributed by atoms with E-state index >= 15 is 4.39 Å². The molecule has 2 aromatic carbocycles. The molecule has 3 aliphatic rings. The van der Waals surface area contributed by atoms with Gasteiger partial charge in [0, 0.05) is 33.8 Å². The molecule has 2 N–H and O–H groups in total. The number of benzene rings is 2. The van der Waals surface area contributed by atoms with Crippen LogP contribution in [0.3, 0.4) is 0 Å². The van der Waals surface area contributed by atoms with Crippen LogP contribution in [-0.4, -0.2) is 16.0 Å². The molecule has 2 heterocycles. The first kappa shape index (κ1) is 23.0. The van der Waals surface area contributed by atoms with Gasteiger partial charge in [0.1, 0.15) is 5.82 Å². The second kappa shape index (κ2) is 8.90. The molecule has 4 aromatic rings. The van der Waals surface area contributed by atoms with Gasteiger partial charge in [-0.05, 0) is 61.1 Å². The minimum absolute atomic E-state index is 0.0868. The Morgan fingerprint density at radius 1 is 1.08 bits per heavy atom. The third-order valence-corrected chi connectivity index (χ3v) is 8.40. The lowest BCUT2D eigenvalue weighted by molar-refractivity contribution is 0.0926. The van der Waals surface area contributed by atoms with E-state index in [-0.39, 0.29) is 33.6 Å². The average molecular weight is 503 g/mol. The number of halogens is 3. The molecule has 0 radical (unpaired) electrons. The van der Waals surface area contributed by atoms with Gasteiger partial charge in [0.05, 0.1) is 17.8 Å². The maximum absolute atomic E-state index is 16.2. The maximum Gasteiger partial charge on any atom is 0.223 e. The van der Waals surface area contributed by atoms with E-state index < -0.39 is 11.6 Å². The summed E-state index contributed by atoms with van der Waals surface area (Å²) in [5, 5.41) is 4.20.